The van der Waals surface area contributed by atoms with Gasteiger partial charge in [-0.25, -0.2) is 17.8 Å². The smallest absolute Gasteiger partial charge is 0.261 e. The van der Waals surface area contributed by atoms with Crippen molar-refractivity contribution in [1.29, 1.82) is 0 Å². The van der Waals surface area contributed by atoms with Gasteiger partial charge in [0, 0.05) is 45.2 Å². The van der Waals surface area contributed by atoms with Gasteiger partial charge >= 0.3 is 0 Å². The van der Waals surface area contributed by atoms with Gasteiger partial charge in [-0.1, -0.05) is 18.7 Å². The molecular weight excluding hydrogens is 433 g/mol. The van der Waals surface area contributed by atoms with Gasteiger partial charge in [0.15, 0.2) is 0 Å². The first-order valence-electron chi connectivity index (χ1n) is 10.7. The molecule has 1 aromatic rings. The molecule has 0 bridgehead atoms. The molecule has 2 aliphatic rings. The monoisotopic (exact) mass is 465 g/mol. The van der Waals surface area contributed by atoms with Crippen LogP contribution >= 0.6 is 0 Å². The maximum absolute atomic E-state index is 14.8. The zero-order valence-electron chi connectivity index (χ0n) is 19.2. The van der Waals surface area contributed by atoms with E-state index < -0.39 is 15.7 Å². The van der Waals surface area contributed by atoms with E-state index in [-0.39, 0.29) is 41.0 Å². The Kier molecular flexibility index (Phi) is 7.42. The van der Waals surface area contributed by atoms with E-state index in [1.54, 1.807) is 20.1 Å². The summed E-state index contributed by atoms with van der Waals surface area (Å²) in [7, 11) is 1.11. The first kappa shape index (κ1) is 24.4. The number of hydrogen-bond acceptors (Lipinski definition) is 6. The van der Waals surface area contributed by atoms with E-state index in [2.05, 4.69) is 21.2 Å². The van der Waals surface area contributed by atoms with Gasteiger partial charge in [-0.05, 0) is 43.7 Å². The van der Waals surface area contributed by atoms with Crippen LogP contribution in [0.3, 0.4) is 0 Å². The zero-order valence-corrected chi connectivity index (χ0v) is 20.0. The van der Waals surface area contributed by atoms with E-state index in [1.165, 1.54) is 25.3 Å². The number of allylic oxidation sites excluding steroid dienone is 4. The number of alkyl halides is 1. The first-order valence-corrected chi connectivity index (χ1v) is 12.1. The Labute approximate surface area is 190 Å². The highest BCUT2D eigenvalue weighted by molar-refractivity contribution is 7.96. The molecule has 3 rings (SSSR count). The fourth-order valence-electron chi connectivity index (χ4n) is 3.92. The molecule has 1 aromatic heterocycles. The number of hydrogen-bond donors (Lipinski definition) is 1. The molecule has 2 heterocycles. The van der Waals surface area contributed by atoms with E-state index in [0.29, 0.717) is 0 Å². The number of pyridine rings is 1. The highest BCUT2D eigenvalue weighted by Crippen LogP contribution is 2.43. The van der Waals surface area contributed by atoms with Crippen LogP contribution in [0.25, 0.3) is 0 Å². The van der Waals surface area contributed by atoms with Crippen LogP contribution in [-0.4, -0.2) is 64.4 Å². The summed E-state index contributed by atoms with van der Waals surface area (Å²) < 4.78 is 54.0. The lowest BCUT2D eigenvalue weighted by Crippen LogP contribution is -2.45. The Morgan fingerprint density at radius 2 is 2.00 bits per heavy atom. The van der Waals surface area contributed by atoms with Gasteiger partial charge in [-0.15, -0.1) is 0 Å². The summed E-state index contributed by atoms with van der Waals surface area (Å²) in [6.07, 6.45) is 6.08. The van der Waals surface area contributed by atoms with Crippen LogP contribution in [0.4, 0.5) is 10.1 Å². The molecule has 0 spiro atoms. The van der Waals surface area contributed by atoms with Crippen molar-refractivity contribution >= 4 is 15.7 Å². The average molecular weight is 466 g/mol. The van der Waals surface area contributed by atoms with Gasteiger partial charge in [0.05, 0.1) is 18.1 Å². The van der Waals surface area contributed by atoms with Crippen molar-refractivity contribution < 1.29 is 22.3 Å². The van der Waals surface area contributed by atoms with Crippen LogP contribution in [-0.2, 0) is 27.6 Å². The number of methoxy groups -OCH3 is 2. The molecule has 0 aromatic carbocycles. The third kappa shape index (κ3) is 5.22. The summed E-state index contributed by atoms with van der Waals surface area (Å²) >= 11 is 0. The third-order valence-electron chi connectivity index (χ3n) is 6.14. The van der Waals surface area contributed by atoms with Crippen LogP contribution < -0.4 is 9.46 Å². The van der Waals surface area contributed by atoms with E-state index in [1.807, 2.05) is 7.05 Å². The molecule has 32 heavy (non-hydrogen) atoms. The topological polar surface area (TPSA) is 80.8 Å². The van der Waals surface area contributed by atoms with Gasteiger partial charge in [-0.2, -0.15) is 0 Å². The predicted molar refractivity (Wildman–Crippen MR) is 124 cm³/mol. The fraction of sp³-hybridized carbons (Fsp3) is 0.522. The number of nitrogens with zero attached hydrogens (tertiary/aromatic N) is 2. The molecular formula is C23H32FN3O4S. The standard InChI is InChI=1S/C23H32FN3O4S/c1-6-19(8-7-16(2)23(24)14-18(15-23)30-4)32(28,29)26-21-13-17-9-11-27(3)12-10-20(17)25-22(21)31-5/h6-8,13,18,26H,2,9-12,14-15H2,1,3-5H3/b8-7-,19-6+. The van der Waals surface area contributed by atoms with Crippen molar-refractivity contribution in [3.8, 4) is 5.88 Å². The van der Waals surface area contributed by atoms with Crippen molar-refractivity contribution in [2.75, 3.05) is 39.1 Å². The summed E-state index contributed by atoms with van der Waals surface area (Å²) in [5, 5.41) is 0. The molecule has 0 unspecified atom stereocenters. The fourth-order valence-corrected chi connectivity index (χ4v) is 5.03. The van der Waals surface area contributed by atoms with E-state index in [9.17, 15) is 12.8 Å². The Morgan fingerprint density at radius 1 is 1.31 bits per heavy atom. The lowest BCUT2D eigenvalue weighted by molar-refractivity contribution is -0.0558. The summed E-state index contributed by atoms with van der Waals surface area (Å²) in [6.45, 7) is 7.15. The van der Waals surface area contributed by atoms with Gasteiger partial charge < -0.3 is 14.4 Å². The summed E-state index contributed by atoms with van der Waals surface area (Å²) in [5.41, 5.74) is 0.861. The number of nitrogens with one attached hydrogen (secondary N) is 1. The number of ether oxygens (including phenoxy) is 2. The number of fused-ring (bicyclic) bond motifs is 1. The Bertz CT molecular complexity index is 1030. The average Bonchev–Trinajstić information content (AvgIpc) is 2.91. The second-order valence-electron chi connectivity index (χ2n) is 8.34. The number of rotatable bonds is 8. The number of likely N-dealkylation sites (N-methyl/N-ethyl adjacent to an activating group) is 1. The van der Waals surface area contributed by atoms with Gasteiger partial charge in [-0.3, -0.25) is 4.72 Å². The minimum absolute atomic E-state index is 0.00148. The zero-order chi connectivity index (χ0) is 23.5. The van der Waals surface area contributed by atoms with Crippen molar-refractivity contribution in [2.24, 2.45) is 0 Å². The molecule has 1 aliphatic heterocycles. The Hall–Kier alpha value is -2.23. The van der Waals surface area contributed by atoms with Crippen LogP contribution in [0, 0.1) is 0 Å². The summed E-state index contributed by atoms with van der Waals surface area (Å²) in [6, 6.07) is 1.80. The van der Waals surface area contributed by atoms with Gasteiger partial charge in [0.2, 0.25) is 5.88 Å². The van der Waals surface area contributed by atoms with Crippen molar-refractivity contribution in [3.63, 3.8) is 0 Å². The van der Waals surface area contributed by atoms with Crippen LogP contribution in [0.2, 0.25) is 0 Å². The largest absolute Gasteiger partial charge is 0.479 e. The number of halogens is 1. The van der Waals surface area contributed by atoms with E-state index in [4.69, 9.17) is 9.47 Å². The van der Waals surface area contributed by atoms with E-state index in [0.717, 1.165) is 37.2 Å². The molecule has 1 N–H and O–H groups in total. The van der Waals surface area contributed by atoms with Gasteiger partial charge in [0.25, 0.3) is 10.0 Å². The molecule has 1 aliphatic carbocycles. The normalized spacial score (nSPS) is 24.5. The molecule has 0 saturated heterocycles. The molecule has 1 saturated carbocycles. The minimum Gasteiger partial charge on any atom is -0.479 e. The number of sulfonamides is 1. The van der Waals surface area contributed by atoms with Crippen molar-refractivity contribution in [1.82, 2.24) is 9.88 Å². The molecule has 7 nitrogen and oxygen atoms in total. The third-order valence-corrected chi connectivity index (χ3v) is 7.62. The lowest BCUT2D eigenvalue weighted by Gasteiger charge is -2.41. The molecule has 1 fully saturated rings. The molecule has 9 heteroatoms. The maximum Gasteiger partial charge on any atom is 0.261 e. The van der Waals surface area contributed by atoms with E-state index >= 15 is 0 Å². The van der Waals surface area contributed by atoms with Crippen LogP contribution in [0.5, 0.6) is 5.88 Å². The minimum atomic E-state index is -3.94. The second kappa shape index (κ2) is 9.72. The van der Waals surface area contributed by atoms with Crippen molar-refractivity contribution in [3.05, 3.63) is 52.6 Å². The highest BCUT2D eigenvalue weighted by Gasteiger charge is 2.46. The summed E-state index contributed by atoms with van der Waals surface area (Å²) in [4.78, 5) is 6.76. The number of aromatic nitrogens is 1. The Balaban J connectivity index is 1.79. The number of anilines is 1. The Morgan fingerprint density at radius 3 is 2.62 bits per heavy atom. The molecule has 176 valence electrons. The maximum atomic E-state index is 14.8. The summed E-state index contributed by atoms with van der Waals surface area (Å²) in [5.74, 6) is 0.225. The molecule has 0 amide bonds. The van der Waals surface area contributed by atoms with Crippen molar-refractivity contribution in [2.45, 2.75) is 44.4 Å². The van der Waals surface area contributed by atoms with Gasteiger partial charge in [0.1, 0.15) is 11.4 Å². The lowest BCUT2D eigenvalue weighted by atomic mass is 9.74. The highest BCUT2D eigenvalue weighted by atomic mass is 32.2. The molecule has 0 atom stereocenters. The quantitative estimate of drug-likeness (QED) is 0.593. The predicted octanol–water partition coefficient (Wildman–Crippen LogP) is 3.40. The molecule has 0 radical (unpaired) electrons. The first-order chi connectivity index (χ1) is 15.1. The van der Waals surface area contributed by atoms with Crippen LogP contribution in [0.15, 0.2) is 41.4 Å². The second-order valence-corrected chi connectivity index (χ2v) is 10.0. The van der Waals surface area contributed by atoms with Crippen LogP contribution in [0.1, 0.15) is 31.0 Å². The SMILES string of the molecule is C=C(/C=C\C(=C/C)S(=O)(=O)Nc1cc2c(nc1OC)CCN(C)CC2)C1(F)CC(OC)C1.